The largest absolute Gasteiger partial charge is 0.743 e. The maximum Gasteiger partial charge on any atom is 0.364 e. The van der Waals surface area contributed by atoms with E-state index >= 15 is 0 Å². The van der Waals surface area contributed by atoms with Crippen LogP contribution in [-0.2, 0) is 19.6 Å². The van der Waals surface area contributed by atoms with Crippen LogP contribution in [-0.4, -0.2) is 47.7 Å². The number of halogens is 3. The molecule has 0 saturated heterocycles. The minimum atomic E-state index is -6.13. The van der Waals surface area contributed by atoms with Crippen molar-refractivity contribution in [3.05, 3.63) is 0 Å². The van der Waals surface area contributed by atoms with Crippen LogP contribution >= 0.6 is 0 Å². The van der Waals surface area contributed by atoms with Crippen LogP contribution in [0.4, 0.5) is 13.2 Å². The summed E-state index contributed by atoms with van der Waals surface area (Å²) in [5.41, 5.74) is -1.82. The molecule has 0 aromatic heterocycles. The summed E-state index contributed by atoms with van der Waals surface area (Å²) in [7, 11) is -6.13. The normalized spacial score (nSPS) is 38.0. The van der Waals surface area contributed by atoms with E-state index in [-0.39, 0.29) is 12.3 Å². The molecule has 0 spiro atoms. The molecule has 0 amide bonds. The standard InChI is InChI=1S/C16H23F3O6S/c17-12(16(18,19)26(22,23)24)2-4-25-13(20)14-6-10-1-3-15(21,9-14)8-11(5-10)7-14/h10-12,21H,1-9H2,(H,22,23,24)/p-1. The van der Waals surface area contributed by atoms with Crippen molar-refractivity contribution in [2.75, 3.05) is 6.61 Å². The summed E-state index contributed by atoms with van der Waals surface area (Å²) in [6.07, 6.45) is 0.0235. The Morgan fingerprint density at radius 2 is 1.96 bits per heavy atom. The van der Waals surface area contributed by atoms with Crippen molar-refractivity contribution in [2.45, 2.75) is 68.4 Å². The monoisotopic (exact) mass is 399 g/mol. The van der Waals surface area contributed by atoms with Crippen LogP contribution < -0.4 is 0 Å². The van der Waals surface area contributed by atoms with Crippen LogP contribution in [0.25, 0.3) is 0 Å². The fraction of sp³-hybridized carbons (Fsp3) is 0.938. The van der Waals surface area contributed by atoms with Gasteiger partial charge in [0.1, 0.15) is 0 Å². The van der Waals surface area contributed by atoms with E-state index in [1.807, 2.05) is 0 Å². The molecule has 4 aliphatic carbocycles. The highest BCUT2D eigenvalue weighted by Gasteiger charge is 2.58. The number of rotatable bonds is 6. The molecule has 26 heavy (non-hydrogen) atoms. The summed E-state index contributed by atoms with van der Waals surface area (Å²) in [6, 6.07) is 0. The van der Waals surface area contributed by atoms with Crippen molar-refractivity contribution in [1.82, 2.24) is 0 Å². The number of esters is 1. The van der Waals surface area contributed by atoms with Crippen molar-refractivity contribution < 1.29 is 40.8 Å². The van der Waals surface area contributed by atoms with E-state index in [9.17, 15) is 36.0 Å². The number of hydrogen-bond donors (Lipinski definition) is 1. The summed E-state index contributed by atoms with van der Waals surface area (Å²) in [6.45, 7) is -0.749. The first kappa shape index (κ1) is 19.9. The van der Waals surface area contributed by atoms with Crippen LogP contribution in [0, 0.1) is 17.3 Å². The first-order valence-electron chi connectivity index (χ1n) is 8.74. The maximum atomic E-state index is 13.5. The Morgan fingerprint density at radius 1 is 1.31 bits per heavy atom. The molecule has 0 radical (unpaired) electrons. The summed E-state index contributed by atoms with van der Waals surface area (Å²) < 4.78 is 75.9. The third-order valence-corrected chi connectivity index (χ3v) is 7.04. The fourth-order valence-corrected chi connectivity index (χ4v) is 5.65. The molecule has 4 saturated carbocycles. The third-order valence-electron chi connectivity index (χ3n) is 6.11. The molecule has 4 rings (SSSR count). The van der Waals surface area contributed by atoms with Crippen molar-refractivity contribution in [3.8, 4) is 0 Å². The van der Waals surface area contributed by atoms with Crippen molar-refractivity contribution in [3.63, 3.8) is 0 Å². The molecule has 5 unspecified atom stereocenters. The fourth-order valence-electron chi connectivity index (χ4n) is 5.22. The average Bonchev–Trinajstić information content (AvgIpc) is 2.67. The molecule has 0 aromatic carbocycles. The highest BCUT2D eigenvalue weighted by atomic mass is 32.2. The molecule has 0 aromatic rings. The Kier molecular flexibility index (Phi) is 4.85. The Morgan fingerprint density at radius 3 is 2.62 bits per heavy atom. The molecule has 6 nitrogen and oxygen atoms in total. The minimum absolute atomic E-state index is 0.200. The summed E-state index contributed by atoms with van der Waals surface area (Å²) in [5.74, 6) is -0.166. The lowest BCUT2D eigenvalue weighted by molar-refractivity contribution is -0.173. The molecule has 4 fully saturated rings. The quantitative estimate of drug-likeness (QED) is 0.542. The highest BCUT2D eigenvalue weighted by molar-refractivity contribution is 7.86. The highest BCUT2D eigenvalue weighted by Crippen LogP contribution is 2.59. The van der Waals surface area contributed by atoms with Gasteiger partial charge in [-0.25, -0.2) is 12.8 Å². The summed E-state index contributed by atoms with van der Waals surface area (Å²) in [4.78, 5) is 12.6. The molecule has 0 aliphatic heterocycles. The molecular formula is C16H22F3O6S-. The summed E-state index contributed by atoms with van der Waals surface area (Å²) >= 11 is 0. The third kappa shape index (κ3) is 3.47. The number of aliphatic hydroxyl groups is 1. The molecule has 0 heterocycles. The Hall–Kier alpha value is -0.870. The van der Waals surface area contributed by atoms with Crippen LogP contribution in [0.3, 0.4) is 0 Å². The van der Waals surface area contributed by atoms with E-state index in [0.29, 0.717) is 31.6 Å². The second-order valence-electron chi connectivity index (χ2n) is 8.21. The van der Waals surface area contributed by atoms with Gasteiger partial charge in [0.2, 0.25) is 0 Å². The number of alkyl halides is 3. The number of carbonyl (C=O) groups excluding carboxylic acids is 1. The number of hydrogen-bond acceptors (Lipinski definition) is 6. The smallest absolute Gasteiger partial charge is 0.364 e. The van der Waals surface area contributed by atoms with Gasteiger partial charge in [-0.05, 0) is 56.8 Å². The maximum absolute atomic E-state index is 13.5. The number of ether oxygens (including phenoxy) is 1. The van der Waals surface area contributed by atoms with Crippen molar-refractivity contribution >= 4 is 16.1 Å². The predicted octanol–water partition coefficient (Wildman–Crippen LogP) is 2.12. The lowest BCUT2D eigenvalue weighted by atomic mass is 9.57. The first-order valence-corrected chi connectivity index (χ1v) is 10.1. The van der Waals surface area contributed by atoms with Crippen molar-refractivity contribution in [2.24, 2.45) is 17.3 Å². The molecule has 4 aliphatic rings. The lowest BCUT2D eigenvalue weighted by Crippen LogP contribution is -2.50. The Bertz CT molecular complexity index is 683. The molecule has 5 atom stereocenters. The molecule has 1 N–H and O–H groups in total. The Labute approximate surface area is 149 Å². The predicted molar refractivity (Wildman–Crippen MR) is 81.8 cm³/mol. The lowest BCUT2D eigenvalue weighted by Gasteiger charge is -2.49. The first-order chi connectivity index (χ1) is 11.9. The molecular weight excluding hydrogens is 377 g/mol. The SMILES string of the molecule is O=C(OCCC(F)C(F)(F)S(=O)(=O)[O-])C12CC3CCC(O)(CC(C3)C1)C2. The van der Waals surface area contributed by atoms with Gasteiger partial charge in [-0.1, -0.05) is 0 Å². The summed E-state index contributed by atoms with van der Waals surface area (Å²) in [5, 5.41) is 5.67. The van der Waals surface area contributed by atoms with E-state index in [0.717, 1.165) is 12.8 Å². The van der Waals surface area contributed by atoms with Gasteiger partial charge in [-0.3, -0.25) is 4.79 Å². The van der Waals surface area contributed by atoms with E-state index in [1.165, 1.54) is 0 Å². The van der Waals surface area contributed by atoms with Gasteiger partial charge in [0, 0.05) is 6.42 Å². The minimum Gasteiger partial charge on any atom is -0.743 e. The second-order valence-corrected chi connectivity index (χ2v) is 9.66. The van der Waals surface area contributed by atoms with E-state index in [4.69, 9.17) is 4.74 Å². The van der Waals surface area contributed by atoms with Gasteiger partial charge >= 0.3 is 11.2 Å². The van der Waals surface area contributed by atoms with Crippen LogP contribution in [0.15, 0.2) is 0 Å². The molecule has 150 valence electrons. The van der Waals surface area contributed by atoms with Crippen LogP contribution in [0.5, 0.6) is 0 Å². The zero-order valence-corrected chi connectivity index (χ0v) is 14.9. The van der Waals surface area contributed by atoms with Gasteiger partial charge in [-0.2, -0.15) is 8.78 Å². The van der Waals surface area contributed by atoms with E-state index < -0.39 is 51.6 Å². The van der Waals surface area contributed by atoms with Gasteiger partial charge < -0.3 is 14.4 Å². The van der Waals surface area contributed by atoms with Gasteiger partial charge in [0.25, 0.3) is 0 Å². The zero-order valence-electron chi connectivity index (χ0n) is 14.1. The van der Waals surface area contributed by atoms with Gasteiger partial charge in [0.15, 0.2) is 16.3 Å². The van der Waals surface area contributed by atoms with E-state index in [2.05, 4.69) is 0 Å². The Balaban J connectivity index is 1.62. The van der Waals surface area contributed by atoms with Gasteiger partial charge in [-0.15, -0.1) is 0 Å². The number of carbonyl (C=O) groups is 1. The zero-order chi connectivity index (χ0) is 19.4. The van der Waals surface area contributed by atoms with E-state index in [1.54, 1.807) is 0 Å². The van der Waals surface area contributed by atoms with Crippen molar-refractivity contribution in [1.29, 1.82) is 0 Å². The topological polar surface area (TPSA) is 104 Å². The molecule has 4 bridgehead atoms. The van der Waals surface area contributed by atoms with Crippen LogP contribution in [0.2, 0.25) is 0 Å². The van der Waals surface area contributed by atoms with Crippen LogP contribution in [0.1, 0.15) is 51.4 Å². The average molecular weight is 399 g/mol. The second kappa shape index (κ2) is 6.34. The van der Waals surface area contributed by atoms with Gasteiger partial charge in [0.05, 0.1) is 17.6 Å². The number of fused-ring (bicyclic) bond motifs is 1. The molecule has 10 heteroatoms.